The van der Waals surface area contributed by atoms with E-state index in [1.54, 1.807) is 32.8 Å². The van der Waals surface area contributed by atoms with Crippen molar-refractivity contribution in [3.05, 3.63) is 35.9 Å². The first-order valence-electron chi connectivity index (χ1n) is 18.1. The zero-order valence-electron chi connectivity index (χ0n) is 31.9. The van der Waals surface area contributed by atoms with Crippen LogP contribution in [0.4, 0.5) is 4.79 Å². The Morgan fingerprint density at radius 1 is 1.08 bits per heavy atom. The fraction of sp³-hybridized carbons (Fsp3) is 0.763. The molecule has 0 bridgehead atoms. The number of benzene rings is 1. The predicted molar refractivity (Wildman–Crippen MR) is 190 cm³/mol. The zero-order valence-corrected chi connectivity index (χ0v) is 31.9. The van der Waals surface area contributed by atoms with Crippen molar-refractivity contribution in [2.75, 3.05) is 54.4 Å². The summed E-state index contributed by atoms with van der Waals surface area (Å²) in [6.45, 7) is 13.4. The number of ketones is 1. The van der Waals surface area contributed by atoms with Gasteiger partial charge in [-0.1, -0.05) is 44.2 Å². The molecule has 2 amide bonds. The number of hydrogen-bond acceptors (Lipinski definition) is 10. The molecule has 1 spiro atoms. The molecular weight excluding hydrogens is 640 g/mol. The molecule has 12 heteroatoms. The van der Waals surface area contributed by atoms with E-state index in [1.807, 2.05) is 70.2 Å². The number of likely N-dealkylation sites (tertiary alicyclic amines) is 1. The van der Waals surface area contributed by atoms with Crippen molar-refractivity contribution in [1.29, 1.82) is 0 Å². The van der Waals surface area contributed by atoms with Gasteiger partial charge in [0, 0.05) is 64.6 Å². The number of nitrogens with zero attached hydrogens (tertiary/aromatic N) is 3. The van der Waals surface area contributed by atoms with Gasteiger partial charge in [0.15, 0.2) is 12.1 Å². The molecule has 4 rings (SSSR count). The summed E-state index contributed by atoms with van der Waals surface area (Å²) in [4.78, 5) is 47.6. The van der Waals surface area contributed by atoms with Crippen molar-refractivity contribution in [2.24, 2.45) is 17.3 Å². The highest BCUT2D eigenvalue weighted by Gasteiger charge is 2.53. The fourth-order valence-corrected chi connectivity index (χ4v) is 8.18. The Kier molecular flexibility index (Phi) is 13.2. The number of hydrogen-bond donors (Lipinski definition) is 2. The number of carbonyl (C=O) groups excluding carboxylic acids is 3. The molecule has 3 fully saturated rings. The monoisotopic (exact) mass is 702 g/mol. The topological polar surface area (TPSA) is 130 Å². The van der Waals surface area contributed by atoms with Gasteiger partial charge >= 0.3 is 12.0 Å². The molecular formula is C38H62N4O8. The number of nitrogens with one attached hydrogen (secondary N) is 1. The van der Waals surface area contributed by atoms with Gasteiger partial charge in [0.2, 0.25) is 0 Å². The largest absolute Gasteiger partial charge is 0.457 e. The highest BCUT2D eigenvalue weighted by Crippen LogP contribution is 2.40. The van der Waals surface area contributed by atoms with Crippen LogP contribution in [0, 0.1) is 17.3 Å². The van der Waals surface area contributed by atoms with Gasteiger partial charge in [-0.25, -0.2) is 4.79 Å². The molecule has 1 aromatic rings. The van der Waals surface area contributed by atoms with E-state index in [2.05, 4.69) is 17.1 Å². The average molecular weight is 703 g/mol. The lowest BCUT2D eigenvalue weighted by Crippen LogP contribution is -2.59. The molecule has 12 nitrogen and oxygen atoms in total. The average Bonchev–Trinajstić information content (AvgIpc) is 3.06. The number of amides is 2. The lowest BCUT2D eigenvalue weighted by molar-refractivity contribution is -0.295. The van der Waals surface area contributed by atoms with E-state index in [0.29, 0.717) is 58.4 Å². The molecule has 3 heterocycles. The van der Waals surface area contributed by atoms with Crippen molar-refractivity contribution >= 4 is 17.8 Å². The summed E-state index contributed by atoms with van der Waals surface area (Å²) in [5.74, 6) is -1.67. The number of aliphatic hydroxyl groups is 1. The molecule has 3 aliphatic heterocycles. The maximum Gasteiger partial charge on any atom is 0.319 e. The molecule has 0 radical (unpaired) electrons. The summed E-state index contributed by atoms with van der Waals surface area (Å²) in [5.41, 5.74) is -2.34. The number of Topliss-reactive ketones (excluding diaryl/α,β-unsaturated/α-hetero) is 1. The Bertz CT molecular complexity index is 1300. The molecule has 3 aliphatic rings. The van der Waals surface area contributed by atoms with Crippen LogP contribution in [0.1, 0.15) is 72.8 Å². The second-order valence-corrected chi connectivity index (χ2v) is 16.1. The van der Waals surface area contributed by atoms with Crippen LogP contribution in [0.3, 0.4) is 0 Å². The van der Waals surface area contributed by atoms with Gasteiger partial charge in [0.05, 0.1) is 17.8 Å². The minimum absolute atomic E-state index is 0.0920. The zero-order chi connectivity index (χ0) is 37.0. The number of methoxy groups -OCH3 is 1. The number of aliphatic hydroxyl groups excluding tert-OH is 1. The Balaban J connectivity index is 1.58. The Morgan fingerprint density at radius 3 is 2.32 bits per heavy atom. The lowest BCUT2D eigenvalue weighted by Gasteiger charge is -2.47. The molecule has 50 heavy (non-hydrogen) atoms. The summed E-state index contributed by atoms with van der Waals surface area (Å²) in [6, 6.07) is 9.40. The summed E-state index contributed by atoms with van der Waals surface area (Å²) in [6.07, 6.45) is -0.913. The predicted octanol–water partition coefficient (Wildman–Crippen LogP) is 3.69. The second-order valence-electron chi connectivity index (χ2n) is 16.1. The Hall–Kier alpha value is -2.61. The number of likely N-dealkylation sites (N-methyl/N-ethyl adjacent to an activating group) is 2. The van der Waals surface area contributed by atoms with E-state index in [-0.39, 0.29) is 29.9 Å². The van der Waals surface area contributed by atoms with E-state index in [9.17, 15) is 19.5 Å². The normalized spacial score (nSPS) is 34.4. The maximum atomic E-state index is 14.5. The number of carbonyl (C=O) groups is 3. The standard InChI is InChI=1S/C38H62N4O8/c1-25-21-37(6,47-10)32(49-33-30(43)29(40(7)8)20-26(2)48-33)27(3)31(44)36(4,5)34(45)50-38(24-41(9)23-25)16-18-42(19-17-38)35(46)39-22-28-14-12-11-13-15-28/h11-15,25-27,29-30,32-33,43H,16-24H2,1-10H3,(H,39,46)/t25-,26-,27+,29+,30-,32-,33+,37-/m1/s1. The molecule has 282 valence electrons. The van der Waals surface area contributed by atoms with Crippen LogP contribution in [-0.4, -0.2) is 134 Å². The number of urea groups is 1. The Morgan fingerprint density at radius 2 is 1.72 bits per heavy atom. The first-order valence-corrected chi connectivity index (χ1v) is 18.1. The van der Waals surface area contributed by atoms with Gasteiger partial charge in [0.25, 0.3) is 0 Å². The van der Waals surface area contributed by atoms with E-state index in [1.165, 1.54) is 0 Å². The third-order valence-electron chi connectivity index (χ3n) is 11.1. The van der Waals surface area contributed by atoms with Gasteiger partial charge in [-0.15, -0.1) is 0 Å². The number of ether oxygens (including phenoxy) is 4. The minimum atomic E-state index is -1.52. The van der Waals surface area contributed by atoms with Crippen molar-refractivity contribution in [2.45, 2.75) is 116 Å². The van der Waals surface area contributed by atoms with Crippen molar-refractivity contribution in [3.63, 3.8) is 0 Å². The van der Waals surface area contributed by atoms with Crippen molar-refractivity contribution in [3.8, 4) is 0 Å². The summed E-state index contributed by atoms with van der Waals surface area (Å²) < 4.78 is 25.5. The van der Waals surface area contributed by atoms with Crippen LogP contribution in [0.5, 0.6) is 0 Å². The fourth-order valence-electron chi connectivity index (χ4n) is 8.18. The van der Waals surface area contributed by atoms with Crippen LogP contribution >= 0.6 is 0 Å². The Labute approximate surface area is 299 Å². The molecule has 8 atom stereocenters. The summed E-state index contributed by atoms with van der Waals surface area (Å²) >= 11 is 0. The highest BCUT2D eigenvalue weighted by molar-refractivity contribution is 6.04. The van der Waals surface area contributed by atoms with E-state index >= 15 is 0 Å². The summed E-state index contributed by atoms with van der Waals surface area (Å²) in [5, 5.41) is 14.4. The van der Waals surface area contributed by atoms with Crippen molar-refractivity contribution in [1.82, 2.24) is 20.0 Å². The van der Waals surface area contributed by atoms with Gasteiger partial charge in [0.1, 0.15) is 17.1 Å². The number of piperidine rings is 1. The summed E-state index contributed by atoms with van der Waals surface area (Å²) in [7, 11) is 7.45. The van der Waals surface area contributed by atoms with E-state index in [4.69, 9.17) is 18.9 Å². The third kappa shape index (κ3) is 9.24. The van der Waals surface area contributed by atoms with Crippen LogP contribution in [0.15, 0.2) is 30.3 Å². The second kappa shape index (κ2) is 16.4. The van der Waals surface area contributed by atoms with Crippen LogP contribution in [0.2, 0.25) is 0 Å². The van der Waals surface area contributed by atoms with Gasteiger partial charge < -0.3 is 44.1 Å². The van der Waals surface area contributed by atoms with E-state index < -0.39 is 47.0 Å². The lowest BCUT2D eigenvalue weighted by atomic mass is 9.74. The van der Waals surface area contributed by atoms with E-state index in [0.717, 1.165) is 5.56 Å². The van der Waals surface area contributed by atoms with Crippen LogP contribution in [0.25, 0.3) is 0 Å². The van der Waals surface area contributed by atoms with Gasteiger partial charge in [-0.2, -0.15) is 0 Å². The quantitative estimate of drug-likeness (QED) is 0.335. The molecule has 0 saturated carbocycles. The molecule has 3 saturated heterocycles. The van der Waals surface area contributed by atoms with Crippen LogP contribution in [-0.2, 0) is 35.1 Å². The van der Waals surface area contributed by atoms with Gasteiger partial charge in [-0.05, 0) is 73.2 Å². The smallest absolute Gasteiger partial charge is 0.319 e. The number of rotatable bonds is 6. The van der Waals surface area contributed by atoms with Gasteiger partial charge in [-0.3, -0.25) is 9.59 Å². The number of esters is 1. The SMILES string of the molecule is CO[C@]1(C)C[C@@H](C)CN(C)CC2(CCN(C(=O)NCc3ccccc3)CC2)OC(=O)C(C)(C)C(=O)[C@H](C)[C@H]1O[C@@H]1O[C@H](C)C[C@H](N(C)C)[C@H]1O. The molecule has 2 N–H and O–H groups in total. The third-order valence-corrected chi connectivity index (χ3v) is 11.1. The molecule has 0 unspecified atom stereocenters. The molecule has 1 aromatic carbocycles. The molecule has 0 aromatic heterocycles. The van der Waals surface area contributed by atoms with Crippen LogP contribution < -0.4 is 5.32 Å². The van der Waals surface area contributed by atoms with Crippen molar-refractivity contribution < 1.29 is 38.4 Å². The molecule has 0 aliphatic carbocycles. The first-order chi connectivity index (χ1) is 23.4. The first kappa shape index (κ1) is 40.2. The highest BCUT2D eigenvalue weighted by atomic mass is 16.7. The maximum absolute atomic E-state index is 14.5. The minimum Gasteiger partial charge on any atom is -0.457 e.